The molecular formula is C15H21ClFNO2. The van der Waals surface area contributed by atoms with Gasteiger partial charge >= 0.3 is 0 Å². The molecule has 0 spiro atoms. The highest BCUT2D eigenvalue weighted by Crippen LogP contribution is 2.19. The summed E-state index contributed by atoms with van der Waals surface area (Å²) in [6.45, 7) is 3.96. The van der Waals surface area contributed by atoms with E-state index in [0.717, 1.165) is 38.0 Å². The number of ether oxygens (including phenoxy) is 2. The summed E-state index contributed by atoms with van der Waals surface area (Å²) in [6, 6.07) is 4.71. The number of likely N-dealkylation sites (tertiary alicyclic amines) is 1. The molecule has 5 heteroatoms. The average Bonchev–Trinajstić information content (AvgIpc) is 2.40. The van der Waals surface area contributed by atoms with Gasteiger partial charge in [-0.3, -0.25) is 4.90 Å². The van der Waals surface area contributed by atoms with Gasteiger partial charge in [-0.25, -0.2) is 4.39 Å². The van der Waals surface area contributed by atoms with Crippen LogP contribution in [0.5, 0.6) is 0 Å². The molecule has 0 saturated carbocycles. The topological polar surface area (TPSA) is 21.7 Å². The normalized spacial score (nSPS) is 17.6. The molecule has 0 bridgehead atoms. The lowest BCUT2D eigenvalue weighted by Crippen LogP contribution is -2.37. The Morgan fingerprint density at radius 3 is 2.65 bits per heavy atom. The Hall–Kier alpha value is -0.680. The Labute approximate surface area is 124 Å². The highest BCUT2D eigenvalue weighted by molar-refractivity contribution is 6.30. The SMILES string of the molecule is COCCOC1CCN(Cc2cc(F)cc(Cl)c2)CC1. The Balaban J connectivity index is 1.76. The number of nitrogens with zero attached hydrogens (tertiary/aromatic N) is 1. The van der Waals surface area contributed by atoms with Crippen LogP contribution in [0.15, 0.2) is 18.2 Å². The Kier molecular flexibility index (Phi) is 6.23. The van der Waals surface area contributed by atoms with E-state index in [2.05, 4.69) is 4.90 Å². The standard InChI is InChI=1S/C15H21ClFNO2/c1-19-6-7-20-15-2-4-18(5-3-15)11-12-8-13(16)10-14(17)9-12/h8-10,15H,2-7,11H2,1H3. The van der Waals surface area contributed by atoms with E-state index in [-0.39, 0.29) is 5.82 Å². The Morgan fingerprint density at radius 1 is 1.25 bits per heavy atom. The van der Waals surface area contributed by atoms with Crippen molar-refractivity contribution in [2.45, 2.75) is 25.5 Å². The highest BCUT2D eigenvalue weighted by atomic mass is 35.5. The minimum absolute atomic E-state index is 0.273. The van der Waals surface area contributed by atoms with E-state index in [1.807, 2.05) is 6.07 Å². The summed E-state index contributed by atoms with van der Waals surface area (Å²) < 4.78 is 24.0. The number of benzene rings is 1. The summed E-state index contributed by atoms with van der Waals surface area (Å²) in [5.74, 6) is -0.273. The average molecular weight is 302 g/mol. The second kappa shape index (κ2) is 7.93. The first kappa shape index (κ1) is 15.7. The predicted octanol–water partition coefficient (Wildman–Crippen LogP) is 3.11. The maximum atomic E-state index is 13.3. The molecule has 1 fully saturated rings. The molecule has 1 heterocycles. The fourth-order valence-corrected chi connectivity index (χ4v) is 2.74. The molecule has 0 unspecified atom stereocenters. The largest absolute Gasteiger partial charge is 0.382 e. The number of hydrogen-bond donors (Lipinski definition) is 0. The third kappa shape index (κ3) is 5.02. The first-order chi connectivity index (χ1) is 9.67. The van der Waals surface area contributed by atoms with Crippen LogP contribution in [0.1, 0.15) is 18.4 Å². The van der Waals surface area contributed by atoms with Crippen molar-refractivity contribution in [3.8, 4) is 0 Å². The van der Waals surface area contributed by atoms with Gasteiger partial charge in [-0.05, 0) is 36.6 Å². The van der Waals surface area contributed by atoms with Gasteiger partial charge in [0.1, 0.15) is 5.82 Å². The van der Waals surface area contributed by atoms with E-state index in [1.54, 1.807) is 13.2 Å². The maximum absolute atomic E-state index is 13.3. The van der Waals surface area contributed by atoms with E-state index < -0.39 is 0 Å². The molecule has 0 N–H and O–H groups in total. The van der Waals surface area contributed by atoms with E-state index in [9.17, 15) is 4.39 Å². The second-order valence-corrected chi connectivity index (χ2v) is 5.55. The van der Waals surface area contributed by atoms with Crippen molar-refractivity contribution in [3.63, 3.8) is 0 Å². The molecular weight excluding hydrogens is 281 g/mol. The van der Waals surface area contributed by atoms with Crippen LogP contribution in [0.2, 0.25) is 5.02 Å². The van der Waals surface area contributed by atoms with E-state index in [1.165, 1.54) is 6.07 Å². The fraction of sp³-hybridized carbons (Fsp3) is 0.600. The molecule has 1 aromatic rings. The minimum Gasteiger partial charge on any atom is -0.382 e. The first-order valence-electron chi connectivity index (χ1n) is 6.95. The summed E-state index contributed by atoms with van der Waals surface area (Å²) >= 11 is 5.87. The van der Waals surface area contributed by atoms with Gasteiger partial charge in [-0.2, -0.15) is 0 Å². The molecule has 0 amide bonds. The molecule has 0 aliphatic carbocycles. The van der Waals surface area contributed by atoms with Gasteiger partial charge in [0.05, 0.1) is 19.3 Å². The monoisotopic (exact) mass is 301 g/mol. The molecule has 3 nitrogen and oxygen atoms in total. The third-order valence-corrected chi connectivity index (χ3v) is 3.72. The van der Waals surface area contributed by atoms with Gasteiger partial charge in [0.15, 0.2) is 0 Å². The van der Waals surface area contributed by atoms with E-state index in [0.29, 0.717) is 24.3 Å². The zero-order valence-corrected chi connectivity index (χ0v) is 12.5. The van der Waals surface area contributed by atoms with Gasteiger partial charge < -0.3 is 9.47 Å². The van der Waals surface area contributed by atoms with E-state index >= 15 is 0 Å². The van der Waals surface area contributed by atoms with Crippen LogP contribution in [0, 0.1) is 5.82 Å². The number of methoxy groups -OCH3 is 1. The van der Waals surface area contributed by atoms with Crippen molar-refractivity contribution >= 4 is 11.6 Å². The predicted molar refractivity (Wildman–Crippen MR) is 77.5 cm³/mol. The fourth-order valence-electron chi connectivity index (χ4n) is 2.49. The van der Waals surface area contributed by atoms with Crippen molar-refractivity contribution < 1.29 is 13.9 Å². The molecule has 1 saturated heterocycles. The van der Waals surface area contributed by atoms with Crippen LogP contribution in [-0.2, 0) is 16.0 Å². The summed E-state index contributed by atoms with van der Waals surface area (Å²) in [5, 5.41) is 0.456. The molecule has 0 aromatic heterocycles. The Morgan fingerprint density at radius 2 is 2.00 bits per heavy atom. The molecule has 2 rings (SSSR count). The number of piperidine rings is 1. The van der Waals surface area contributed by atoms with E-state index in [4.69, 9.17) is 21.1 Å². The van der Waals surface area contributed by atoms with Crippen LogP contribution < -0.4 is 0 Å². The van der Waals surface area contributed by atoms with Crippen molar-refractivity contribution in [2.24, 2.45) is 0 Å². The van der Waals surface area contributed by atoms with Crippen LogP contribution in [-0.4, -0.2) is 44.4 Å². The molecule has 1 aliphatic heterocycles. The van der Waals surface area contributed by atoms with Crippen molar-refractivity contribution in [2.75, 3.05) is 33.4 Å². The second-order valence-electron chi connectivity index (χ2n) is 5.12. The molecule has 1 aromatic carbocycles. The maximum Gasteiger partial charge on any atom is 0.125 e. The van der Waals surface area contributed by atoms with Crippen LogP contribution in [0.3, 0.4) is 0 Å². The van der Waals surface area contributed by atoms with Crippen molar-refractivity contribution in [1.82, 2.24) is 4.90 Å². The van der Waals surface area contributed by atoms with Crippen molar-refractivity contribution in [3.05, 3.63) is 34.6 Å². The van der Waals surface area contributed by atoms with Gasteiger partial charge in [-0.1, -0.05) is 11.6 Å². The summed E-state index contributed by atoms with van der Waals surface area (Å²) in [5.41, 5.74) is 0.925. The molecule has 1 aliphatic rings. The van der Waals surface area contributed by atoms with Crippen LogP contribution in [0.25, 0.3) is 0 Å². The molecule has 0 atom stereocenters. The lowest BCUT2D eigenvalue weighted by atomic mass is 10.1. The smallest absolute Gasteiger partial charge is 0.125 e. The number of hydrogen-bond acceptors (Lipinski definition) is 3. The summed E-state index contributed by atoms with van der Waals surface area (Å²) in [7, 11) is 1.68. The number of halogens is 2. The zero-order chi connectivity index (χ0) is 14.4. The molecule has 112 valence electrons. The number of rotatable bonds is 6. The van der Waals surface area contributed by atoms with Crippen LogP contribution >= 0.6 is 11.6 Å². The van der Waals surface area contributed by atoms with Crippen LogP contribution in [0.4, 0.5) is 4.39 Å². The Bertz CT molecular complexity index is 402. The lowest BCUT2D eigenvalue weighted by Gasteiger charge is -2.31. The molecule has 0 radical (unpaired) electrons. The highest BCUT2D eigenvalue weighted by Gasteiger charge is 2.19. The summed E-state index contributed by atoms with van der Waals surface area (Å²) in [6.07, 6.45) is 2.33. The van der Waals surface area contributed by atoms with Gasteiger partial charge in [0.2, 0.25) is 0 Å². The van der Waals surface area contributed by atoms with Gasteiger partial charge in [0.25, 0.3) is 0 Å². The minimum atomic E-state index is -0.273. The van der Waals surface area contributed by atoms with Crippen molar-refractivity contribution in [1.29, 1.82) is 0 Å². The van der Waals surface area contributed by atoms with Gasteiger partial charge in [0, 0.05) is 31.8 Å². The van der Waals surface area contributed by atoms with Gasteiger partial charge in [-0.15, -0.1) is 0 Å². The quantitative estimate of drug-likeness (QED) is 0.754. The first-order valence-corrected chi connectivity index (χ1v) is 7.33. The summed E-state index contributed by atoms with van der Waals surface area (Å²) in [4.78, 5) is 2.31. The lowest BCUT2D eigenvalue weighted by molar-refractivity contribution is -0.0158. The third-order valence-electron chi connectivity index (χ3n) is 3.50. The zero-order valence-electron chi connectivity index (χ0n) is 11.8. The molecule has 20 heavy (non-hydrogen) atoms.